The molecule has 2 aliphatic rings. The second-order valence-electron chi connectivity index (χ2n) is 12.3. The van der Waals surface area contributed by atoms with Gasteiger partial charge in [0.2, 0.25) is 0 Å². The number of aryl methyl sites for hydroxylation is 1. The van der Waals surface area contributed by atoms with Gasteiger partial charge in [0, 0.05) is 34.5 Å². The van der Waals surface area contributed by atoms with Crippen LogP contribution in [0.15, 0.2) is 152 Å². The third-order valence-electron chi connectivity index (χ3n) is 9.92. The summed E-state index contributed by atoms with van der Waals surface area (Å²) in [6.07, 6.45) is 3.78. The lowest BCUT2D eigenvalue weighted by atomic mass is 9.64. The molecule has 0 atom stereocenters. The van der Waals surface area contributed by atoms with E-state index < -0.39 is 5.41 Å². The van der Waals surface area contributed by atoms with Gasteiger partial charge in [-0.05, 0) is 89.8 Å². The summed E-state index contributed by atoms with van der Waals surface area (Å²) in [5.41, 5.74) is 14.3. The summed E-state index contributed by atoms with van der Waals surface area (Å²) >= 11 is 0. The van der Waals surface area contributed by atoms with Crippen molar-refractivity contribution in [2.75, 3.05) is 4.90 Å². The minimum absolute atomic E-state index is 0.607. The second-order valence-corrected chi connectivity index (χ2v) is 12.3. The quantitative estimate of drug-likeness (QED) is 0.202. The molecule has 1 spiro atoms. The van der Waals surface area contributed by atoms with E-state index in [1.807, 2.05) is 12.4 Å². The Morgan fingerprint density at radius 3 is 1.70 bits per heavy atom. The average molecular weight is 589 g/mol. The highest BCUT2D eigenvalue weighted by Gasteiger charge is 2.53. The number of rotatable bonds is 2. The normalized spacial score (nSPS) is 13.9. The molecule has 1 aliphatic carbocycles. The van der Waals surface area contributed by atoms with Crippen LogP contribution in [0.3, 0.4) is 0 Å². The Balaban J connectivity index is 1.38. The van der Waals surface area contributed by atoms with Gasteiger partial charge in [0.25, 0.3) is 0 Å². The fraction of sp³-hybridized carbons (Fsp3) is 0.0476. The van der Waals surface area contributed by atoms with Crippen molar-refractivity contribution in [1.29, 1.82) is 0 Å². The van der Waals surface area contributed by atoms with Gasteiger partial charge in [0.15, 0.2) is 0 Å². The van der Waals surface area contributed by atoms with Gasteiger partial charge in [0.05, 0.1) is 39.2 Å². The first kappa shape index (κ1) is 25.3. The Bertz CT molecular complexity index is 2410. The van der Waals surface area contributed by atoms with Crippen molar-refractivity contribution >= 4 is 38.9 Å². The molecule has 0 unspecified atom stereocenters. The molecule has 5 aromatic carbocycles. The molecule has 0 saturated carbocycles. The Kier molecular flexibility index (Phi) is 5.10. The van der Waals surface area contributed by atoms with Crippen LogP contribution in [0.5, 0.6) is 0 Å². The number of aromatic nitrogens is 3. The van der Waals surface area contributed by atoms with Gasteiger partial charge >= 0.3 is 0 Å². The molecule has 0 radical (unpaired) electrons. The lowest BCUT2D eigenvalue weighted by Crippen LogP contribution is -2.36. The molecule has 46 heavy (non-hydrogen) atoms. The summed E-state index contributed by atoms with van der Waals surface area (Å²) in [7, 11) is 0. The molecule has 3 aromatic heterocycles. The van der Waals surface area contributed by atoms with Crippen molar-refractivity contribution in [3.63, 3.8) is 0 Å². The van der Waals surface area contributed by atoms with Crippen LogP contribution in [0.2, 0.25) is 0 Å². The number of pyridine rings is 2. The molecule has 0 saturated heterocycles. The zero-order chi connectivity index (χ0) is 30.4. The first-order valence-electron chi connectivity index (χ1n) is 15.8. The van der Waals surface area contributed by atoms with Crippen LogP contribution in [-0.4, -0.2) is 14.5 Å². The summed E-state index contributed by atoms with van der Waals surface area (Å²) in [5, 5.41) is 2.50. The number of anilines is 3. The molecule has 0 bridgehead atoms. The van der Waals surface area contributed by atoms with E-state index in [1.165, 1.54) is 55.3 Å². The standard InChI is InChI=1S/C42H28N4/c1-27-19-21-38-34(25-27)42(32-15-9-23-43-40(32)41-33(42)16-10-24-44-41)35-26-29(20-22-39(35)45(38)28-11-3-2-4-12-28)46-36-17-7-5-13-30(36)31-14-6-8-18-37(31)46/h2-26H,1H3. The first-order valence-corrected chi connectivity index (χ1v) is 15.8. The van der Waals surface area contributed by atoms with E-state index in [9.17, 15) is 0 Å². The van der Waals surface area contributed by atoms with Crippen LogP contribution < -0.4 is 4.90 Å². The van der Waals surface area contributed by atoms with E-state index in [1.54, 1.807) is 0 Å². The van der Waals surface area contributed by atoms with Crippen molar-refractivity contribution in [2.24, 2.45) is 0 Å². The first-order chi connectivity index (χ1) is 22.7. The van der Waals surface area contributed by atoms with E-state index in [0.717, 1.165) is 28.5 Å². The van der Waals surface area contributed by atoms with E-state index in [2.05, 4.69) is 156 Å². The Hall–Kier alpha value is -6.00. The predicted octanol–water partition coefficient (Wildman–Crippen LogP) is 10.0. The molecule has 0 amide bonds. The van der Waals surface area contributed by atoms with E-state index in [4.69, 9.17) is 9.97 Å². The maximum Gasteiger partial charge on any atom is 0.0937 e. The van der Waals surface area contributed by atoms with E-state index >= 15 is 0 Å². The number of nitrogens with zero attached hydrogens (tertiary/aromatic N) is 4. The summed E-state index contributed by atoms with van der Waals surface area (Å²) in [6, 6.07) is 50.7. The highest BCUT2D eigenvalue weighted by Crippen LogP contribution is 2.63. The third kappa shape index (κ3) is 3.18. The molecule has 4 nitrogen and oxygen atoms in total. The van der Waals surface area contributed by atoms with Crippen LogP contribution in [0.4, 0.5) is 17.1 Å². The minimum atomic E-state index is -0.607. The second kappa shape index (κ2) is 9.26. The van der Waals surface area contributed by atoms with Crippen molar-refractivity contribution in [3.8, 4) is 17.1 Å². The summed E-state index contributed by atoms with van der Waals surface area (Å²) in [5.74, 6) is 0. The monoisotopic (exact) mass is 588 g/mol. The zero-order valence-electron chi connectivity index (χ0n) is 25.2. The van der Waals surface area contributed by atoms with Crippen molar-refractivity contribution in [3.05, 3.63) is 180 Å². The third-order valence-corrected chi connectivity index (χ3v) is 9.92. The van der Waals surface area contributed by atoms with Gasteiger partial charge in [-0.15, -0.1) is 0 Å². The molecule has 1 aliphatic heterocycles. The maximum atomic E-state index is 4.97. The topological polar surface area (TPSA) is 34.0 Å². The highest BCUT2D eigenvalue weighted by molar-refractivity contribution is 6.09. The number of fused-ring (bicyclic) bond motifs is 12. The molecule has 4 heterocycles. The van der Waals surface area contributed by atoms with Gasteiger partial charge < -0.3 is 9.47 Å². The van der Waals surface area contributed by atoms with E-state index in [0.29, 0.717) is 0 Å². The van der Waals surface area contributed by atoms with Crippen LogP contribution in [0, 0.1) is 6.92 Å². The molecular weight excluding hydrogens is 560 g/mol. The molecule has 4 heteroatoms. The van der Waals surface area contributed by atoms with Crippen LogP contribution in [0.1, 0.15) is 27.8 Å². The van der Waals surface area contributed by atoms with E-state index in [-0.39, 0.29) is 0 Å². The smallest absolute Gasteiger partial charge is 0.0937 e. The number of hydrogen-bond donors (Lipinski definition) is 0. The van der Waals surface area contributed by atoms with Gasteiger partial charge in [-0.2, -0.15) is 0 Å². The maximum absolute atomic E-state index is 4.97. The lowest BCUT2D eigenvalue weighted by molar-refractivity contribution is 0.747. The summed E-state index contributed by atoms with van der Waals surface area (Å²) in [6.45, 7) is 2.19. The number of benzene rings is 5. The largest absolute Gasteiger partial charge is 0.310 e. The average Bonchev–Trinajstić information content (AvgIpc) is 3.60. The van der Waals surface area contributed by atoms with Crippen LogP contribution in [-0.2, 0) is 5.41 Å². The van der Waals surface area contributed by atoms with Crippen molar-refractivity contribution in [1.82, 2.24) is 14.5 Å². The van der Waals surface area contributed by atoms with Gasteiger partial charge in [-0.25, -0.2) is 0 Å². The Morgan fingerprint density at radius 2 is 1.04 bits per heavy atom. The number of hydrogen-bond acceptors (Lipinski definition) is 3. The predicted molar refractivity (Wildman–Crippen MR) is 187 cm³/mol. The molecule has 10 rings (SSSR count). The minimum Gasteiger partial charge on any atom is -0.310 e. The SMILES string of the molecule is Cc1ccc2c(c1)C1(c3cc(-n4c5ccccc5c5ccccc54)ccc3N2c2ccccc2)c2cccnc2-c2ncccc21. The molecule has 216 valence electrons. The van der Waals surface area contributed by atoms with Crippen molar-refractivity contribution < 1.29 is 0 Å². The summed E-state index contributed by atoms with van der Waals surface area (Å²) in [4.78, 5) is 12.4. The van der Waals surface area contributed by atoms with Gasteiger partial charge in [-0.3, -0.25) is 9.97 Å². The lowest BCUT2D eigenvalue weighted by Gasteiger charge is -2.45. The molecule has 0 fully saturated rings. The molecule has 8 aromatic rings. The Morgan fingerprint density at radius 1 is 0.478 bits per heavy atom. The fourth-order valence-electron chi connectivity index (χ4n) is 8.15. The molecule has 0 N–H and O–H groups in total. The van der Waals surface area contributed by atoms with Crippen LogP contribution in [0.25, 0.3) is 38.9 Å². The number of para-hydroxylation sites is 3. The van der Waals surface area contributed by atoms with Gasteiger partial charge in [-0.1, -0.05) is 84.4 Å². The highest BCUT2D eigenvalue weighted by atomic mass is 15.2. The van der Waals surface area contributed by atoms with Crippen LogP contribution >= 0.6 is 0 Å². The Labute approximate surface area is 266 Å². The molecular formula is C42H28N4. The summed E-state index contributed by atoms with van der Waals surface area (Å²) < 4.78 is 2.42. The zero-order valence-corrected chi connectivity index (χ0v) is 25.2. The van der Waals surface area contributed by atoms with Crippen molar-refractivity contribution in [2.45, 2.75) is 12.3 Å². The fourth-order valence-corrected chi connectivity index (χ4v) is 8.15. The van der Waals surface area contributed by atoms with Gasteiger partial charge in [0.1, 0.15) is 0 Å².